The lowest BCUT2D eigenvalue weighted by molar-refractivity contribution is 0.569. The van der Waals surface area contributed by atoms with Gasteiger partial charge in [-0.1, -0.05) is 59.8 Å². The fourth-order valence-electron chi connectivity index (χ4n) is 2.70. The highest BCUT2D eigenvalue weighted by molar-refractivity contribution is 7.98. The number of hydrogen-bond donors (Lipinski definition) is 0. The van der Waals surface area contributed by atoms with Crippen LogP contribution in [0.3, 0.4) is 0 Å². The highest BCUT2D eigenvalue weighted by Crippen LogP contribution is 2.30. The maximum Gasteiger partial charge on any atom is 0.200 e. The fourth-order valence-corrected chi connectivity index (χ4v) is 3.98. The molecule has 0 amide bonds. The molecule has 0 spiro atoms. The third-order valence-corrected chi connectivity index (χ3v) is 5.40. The summed E-state index contributed by atoms with van der Waals surface area (Å²) < 4.78 is 21.5. The van der Waals surface area contributed by atoms with Crippen molar-refractivity contribution in [3.8, 4) is 11.6 Å². The zero-order chi connectivity index (χ0) is 18.6. The van der Waals surface area contributed by atoms with E-state index in [9.17, 15) is 4.39 Å². The molecule has 0 N–H and O–H groups in total. The number of aromatic nitrogens is 3. The Morgan fingerprint density at radius 1 is 1.00 bits per heavy atom. The molecule has 136 valence electrons. The van der Waals surface area contributed by atoms with E-state index in [0.29, 0.717) is 39.6 Å². The first-order chi connectivity index (χ1) is 13.2. The predicted octanol–water partition coefficient (Wildman–Crippen LogP) is 5.67. The first-order valence-electron chi connectivity index (χ1n) is 8.29. The molecular formula is C20H15ClFN3OS. The molecular weight excluding hydrogens is 385 g/mol. The van der Waals surface area contributed by atoms with Crippen molar-refractivity contribution in [3.63, 3.8) is 0 Å². The Balaban J connectivity index is 1.66. The second-order valence-electron chi connectivity index (χ2n) is 5.84. The summed E-state index contributed by atoms with van der Waals surface area (Å²) in [6.07, 6.45) is 1.60. The van der Waals surface area contributed by atoms with E-state index in [4.69, 9.17) is 16.0 Å². The van der Waals surface area contributed by atoms with Crippen molar-refractivity contribution >= 4 is 23.4 Å². The van der Waals surface area contributed by atoms with Crippen LogP contribution in [0.1, 0.15) is 11.1 Å². The molecule has 4 aromatic rings. The van der Waals surface area contributed by atoms with Crippen LogP contribution in [-0.2, 0) is 12.3 Å². The quantitative estimate of drug-likeness (QED) is 0.392. The summed E-state index contributed by atoms with van der Waals surface area (Å²) >= 11 is 7.53. The SMILES string of the molecule is Fc1cccc(Cl)c1CSc1nnc(-c2ccco2)n1Cc1ccccc1. The van der Waals surface area contributed by atoms with Crippen LogP contribution < -0.4 is 0 Å². The van der Waals surface area contributed by atoms with Crippen LogP contribution in [0.5, 0.6) is 0 Å². The minimum atomic E-state index is -0.324. The molecule has 27 heavy (non-hydrogen) atoms. The number of rotatable bonds is 6. The molecule has 4 rings (SSSR count). The fraction of sp³-hybridized carbons (Fsp3) is 0.100. The van der Waals surface area contributed by atoms with Gasteiger partial charge in [0.1, 0.15) is 5.82 Å². The molecule has 0 saturated carbocycles. The van der Waals surface area contributed by atoms with Gasteiger partial charge in [-0.05, 0) is 29.8 Å². The van der Waals surface area contributed by atoms with Crippen molar-refractivity contribution in [1.29, 1.82) is 0 Å². The minimum Gasteiger partial charge on any atom is -0.461 e. The third kappa shape index (κ3) is 3.91. The molecule has 0 aliphatic carbocycles. The lowest BCUT2D eigenvalue weighted by Gasteiger charge is -2.10. The van der Waals surface area contributed by atoms with E-state index in [1.807, 2.05) is 47.0 Å². The van der Waals surface area contributed by atoms with Gasteiger partial charge in [0.15, 0.2) is 10.9 Å². The van der Waals surface area contributed by atoms with Crippen LogP contribution in [0.15, 0.2) is 76.5 Å². The minimum absolute atomic E-state index is 0.324. The van der Waals surface area contributed by atoms with Gasteiger partial charge in [-0.25, -0.2) is 4.39 Å². The highest BCUT2D eigenvalue weighted by Gasteiger charge is 2.18. The maximum atomic E-state index is 14.1. The Morgan fingerprint density at radius 2 is 1.85 bits per heavy atom. The molecule has 0 unspecified atom stereocenters. The van der Waals surface area contributed by atoms with Crippen molar-refractivity contribution < 1.29 is 8.81 Å². The van der Waals surface area contributed by atoms with E-state index < -0.39 is 0 Å². The van der Waals surface area contributed by atoms with E-state index in [0.717, 1.165) is 5.56 Å². The lowest BCUT2D eigenvalue weighted by atomic mass is 10.2. The van der Waals surface area contributed by atoms with Crippen LogP contribution >= 0.6 is 23.4 Å². The first kappa shape index (κ1) is 17.8. The Bertz CT molecular complexity index is 1010. The summed E-state index contributed by atoms with van der Waals surface area (Å²) in [4.78, 5) is 0. The van der Waals surface area contributed by atoms with Crippen molar-refractivity contribution in [2.75, 3.05) is 0 Å². The van der Waals surface area contributed by atoms with E-state index in [-0.39, 0.29) is 5.82 Å². The molecule has 2 aromatic carbocycles. The summed E-state index contributed by atoms with van der Waals surface area (Å²) in [5.41, 5.74) is 1.56. The third-order valence-electron chi connectivity index (χ3n) is 4.05. The topological polar surface area (TPSA) is 43.9 Å². The van der Waals surface area contributed by atoms with Crippen molar-refractivity contribution in [2.24, 2.45) is 0 Å². The van der Waals surface area contributed by atoms with Gasteiger partial charge in [-0.3, -0.25) is 4.57 Å². The van der Waals surface area contributed by atoms with Gasteiger partial charge in [0, 0.05) is 16.3 Å². The van der Waals surface area contributed by atoms with E-state index in [1.54, 1.807) is 18.4 Å². The van der Waals surface area contributed by atoms with Crippen molar-refractivity contribution in [3.05, 3.63) is 88.9 Å². The summed E-state index contributed by atoms with van der Waals surface area (Å²) in [5.74, 6) is 1.30. The zero-order valence-electron chi connectivity index (χ0n) is 14.2. The summed E-state index contributed by atoms with van der Waals surface area (Å²) in [5, 5.41) is 9.65. The summed E-state index contributed by atoms with van der Waals surface area (Å²) in [7, 11) is 0. The largest absolute Gasteiger partial charge is 0.461 e. The van der Waals surface area contributed by atoms with Gasteiger partial charge >= 0.3 is 0 Å². The van der Waals surface area contributed by atoms with Crippen LogP contribution in [0.2, 0.25) is 5.02 Å². The molecule has 4 nitrogen and oxygen atoms in total. The van der Waals surface area contributed by atoms with Gasteiger partial charge in [0.05, 0.1) is 12.8 Å². The standard InChI is InChI=1S/C20H15ClFN3OS/c21-16-8-4-9-17(22)15(16)13-27-20-24-23-19(18-10-5-11-26-18)25(20)12-14-6-2-1-3-7-14/h1-11H,12-13H2. The van der Waals surface area contributed by atoms with Gasteiger partial charge < -0.3 is 4.42 Å². The second kappa shape index (κ2) is 7.98. The van der Waals surface area contributed by atoms with Gasteiger partial charge in [-0.2, -0.15) is 0 Å². The molecule has 0 fully saturated rings. The van der Waals surface area contributed by atoms with Crippen molar-refractivity contribution in [1.82, 2.24) is 14.8 Å². The Kier molecular flexibility index (Phi) is 5.27. The van der Waals surface area contributed by atoms with E-state index in [1.165, 1.54) is 17.8 Å². The summed E-state index contributed by atoms with van der Waals surface area (Å²) in [6, 6.07) is 18.3. The number of thioether (sulfide) groups is 1. The predicted molar refractivity (Wildman–Crippen MR) is 104 cm³/mol. The molecule has 0 bridgehead atoms. The van der Waals surface area contributed by atoms with Gasteiger partial charge in [0.25, 0.3) is 0 Å². The van der Waals surface area contributed by atoms with E-state index in [2.05, 4.69) is 10.2 Å². The molecule has 0 saturated heterocycles. The maximum absolute atomic E-state index is 14.1. The molecule has 0 radical (unpaired) electrons. The average molecular weight is 400 g/mol. The molecule has 2 heterocycles. The lowest BCUT2D eigenvalue weighted by Crippen LogP contribution is -2.04. The number of furan rings is 1. The highest BCUT2D eigenvalue weighted by atomic mass is 35.5. The Morgan fingerprint density at radius 3 is 2.59 bits per heavy atom. The van der Waals surface area contributed by atoms with Crippen LogP contribution in [0, 0.1) is 5.82 Å². The van der Waals surface area contributed by atoms with Crippen molar-refractivity contribution in [2.45, 2.75) is 17.5 Å². The normalized spacial score (nSPS) is 11.0. The Labute approximate surface area is 165 Å². The average Bonchev–Trinajstić information content (AvgIpc) is 3.32. The molecule has 0 atom stereocenters. The molecule has 0 aliphatic rings. The van der Waals surface area contributed by atoms with E-state index >= 15 is 0 Å². The molecule has 2 aromatic heterocycles. The summed E-state index contributed by atoms with van der Waals surface area (Å²) in [6.45, 7) is 0.581. The van der Waals surface area contributed by atoms with Crippen LogP contribution in [0.4, 0.5) is 4.39 Å². The number of hydrogen-bond acceptors (Lipinski definition) is 4. The number of benzene rings is 2. The first-order valence-corrected chi connectivity index (χ1v) is 9.65. The smallest absolute Gasteiger partial charge is 0.200 e. The zero-order valence-corrected chi connectivity index (χ0v) is 15.8. The number of nitrogens with zero attached hydrogens (tertiary/aromatic N) is 3. The van der Waals surface area contributed by atoms with Crippen LogP contribution in [0.25, 0.3) is 11.6 Å². The molecule has 0 aliphatic heterocycles. The Hall–Kier alpha value is -2.57. The second-order valence-corrected chi connectivity index (χ2v) is 7.19. The van der Waals surface area contributed by atoms with Gasteiger partial charge in [-0.15, -0.1) is 10.2 Å². The van der Waals surface area contributed by atoms with Gasteiger partial charge in [0.2, 0.25) is 5.82 Å². The van der Waals surface area contributed by atoms with Crippen LogP contribution in [-0.4, -0.2) is 14.8 Å². The molecule has 7 heteroatoms. The monoisotopic (exact) mass is 399 g/mol. The number of halogens is 2.